The van der Waals surface area contributed by atoms with Crippen molar-refractivity contribution in [2.45, 2.75) is 43.8 Å². The zero-order valence-electron chi connectivity index (χ0n) is 12.7. The van der Waals surface area contributed by atoms with Gasteiger partial charge in [-0.2, -0.15) is 0 Å². The van der Waals surface area contributed by atoms with Gasteiger partial charge >= 0.3 is 0 Å². The Morgan fingerprint density at radius 2 is 1.91 bits per heavy atom. The molecule has 23 heavy (non-hydrogen) atoms. The van der Waals surface area contributed by atoms with Gasteiger partial charge in [0.1, 0.15) is 12.1 Å². The first kappa shape index (κ1) is 14.7. The second kappa shape index (κ2) is 5.63. The van der Waals surface area contributed by atoms with Crippen molar-refractivity contribution in [1.29, 1.82) is 0 Å². The molecule has 3 amide bonds. The Hall–Kier alpha value is -1.89. The molecule has 1 aromatic rings. The molecule has 0 saturated carbocycles. The van der Waals surface area contributed by atoms with Crippen LogP contribution < -0.4 is 5.32 Å². The Balaban J connectivity index is 1.47. The Labute approximate surface area is 138 Å². The van der Waals surface area contributed by atoms with Gasteiger partial charge in [0.25, 0.3) is 5.91 Å². The van der Waals surface area contributed by atoms with Crippen molar-refractivity contribution >= 4 is 29.1 Å². The van der Waals surface area contributed by atoms with Crippen LogP contribution >= 0.6 is 11.3 Å². The van der Waals surface area contributed by atoms with E-state index in [4.69, 9.17) is 0 Å². The van der Waals surface area contributed by atoms with Crippen LogP contribution in [0.3, 0.4) is 0 Å². The zero-order valence-corrected chi connectivity index (χ0v) is 13.6. The van der Waals surface area contributed by atoms with E-state index in [1.54, 1.807) is 15.9 Å². The van der Waals surface area contributed by atoms with E-state index in [0.717, 1.165) is 12.8 Å². The normalized spacial score (nSPS) is 30.2. The van der Waals surface area contributed by atoms with Crippen molar-refractivity contribution in [3.05, 3.63) is 22.4 Å². The summed E-state index contributed by atoms with van der Waals surface area (Å²) in [6.45, 7) is 1.24. The number of amides is 3. The minimum Gasteiger partial charge on any atom is -0.348 e. The molecule has 3 aliphatic heterocycles. The predicted molar refractivity (Wildman–Crippen MR) is 85.0 cm³/mol. The second-order valence-electron chi connectivity index (χ2n) is 6.41. The van der Waals surface area contributed by atoms with E-state index in [2.05, 4.69) is 5.32 Å². The van der Waals surface area contributed by atoms with Gasteiger partial charge in [-0.05, 0) is 37.1 Å². The average Bonchev–Trinajstić information content (AvgIpc) is 3.23. The van der Waals surface area contributed by atoms with E-state index in [0.29, 0.717) is 30.8 Å². The molecule has 1 N–H and O–H groups in total. The maximum absolute atomic E-state index is 12.7. The summed E-state index contributed by atoms with van der Waals surface area (Å²) in [4.78, 5) is 41.6. The fraction of sp³-hybridized carbons (Fsp3) is 0.562. The van der Waals surface area contributed by atoms with Gasteiger partial charge in [0.2, 0.25) is 11.8 Å². The third-order valence-corrected chi connectivity index (χ3v) is 5.94. The summed E-state index contributed by atoms with van der Waals surface area (Å²) in [6, 6.07) is 2.94. The number of fused-ring (bicyclic) bond motifs is 2. The average molecular weight is 333 g/mol. The SMILES string of the molecule is O=C(N[C@@H]1CCN2C(=O)[C@H]3CCCN3C(=O)[C@@H]2C1)c1cccs1. The number of carbonyl (C=O) groups is 3. The summed E-state index contributed by atoms with van der Waals surface area (Å²) in [5.41, 5.74) is 0. The van der Waals surface area contributed by atoms with E-state index in [-0.39, 0.29) is 29.8 Å². The summed E-state index contributed by atoms with van der Waals surface area (Å²) in [5.74, 6) is 0.0596. The predicted octanol–water partition coefficient (Wildman–Crippen LogP) is 0.842. The molecule has 0 bridgehead atoms. The van der Waals surface area contributed by atoms with Crippen molar-refractivity contribution in [3.63, 3.8) is 0 Å². The third kappa shape index (κ3) is 2.43. The van der Waals surface area contributed by atoms with Crippen molar-refractivity contribution in [2.75, 3.05) is 13.1 Å². The van der Waals surface area contributed by atoms with E-state index < -0.39 is 6.04 Å². The number of piperidine rings is 1. The van der Waals surface area contributed by atoms with E-state index in [1.165, 1.54) is 11.3 Å². The number of hydrogen-bond acceptors (Lipinski definition) is 4. The number of hydrogen-bond donors (Lipinski definition) is 1. The van der Waals surface area contributed by atoms with E-state index in [1.807, 2.05) is 11.4 Å². The highest BCUT2D eigenvalue weighted by atomic mass is 32.1. The van der Waals surface area contributed by atoms with Crippen LogP contribution in [-0.2, 0) is 9.59 Å². The van der Waals surface area contributed by atoms with Gasteiger partial charge in [0.05, 0.1) is 4.88 Å². The highest BCUT2D eigenvalue weighted by Crippen LogP contribution is 2.31. The standard InChI is InChI=1S/C16H19N3O3S/c20-14(13-4-2-8-23-13)17-10-5-7-19-12(9-10)16(22)18-6-1-3-11(18)15(19)21/h2,4,8,10-12H,1,3,5-7,9H2,(H,17,20)/t10-,11-,12+/m1/s1. The maximum Gasteiger partial charge on any atom is 0.261 e. The first-order valence-corrected chi connectivity index (χ1v) is 8.98. The maximum atomic E-state index is 12.7. The van der Waals surface area contributed by atoms with Crippen LogP contribution in [0.15, 0.2) is 17.5 Å². The molecule has 0 aromatic carbocycles. The lowest BCUT2D eigenvalue weighted by atomic mass is 9.92. The topological polar surface area (TPSA) is 69.7 Å². The van der Waals surface area contributed by atoms with Crippen LogP contribution in [0, 0.1) is 0 Å². The van der Waals surface area contributed by atoms with Crippen molar-refractivity contribution in [2.24, 2.45) is 0 Å². The number of nitrogens with zero attached hydrogens (tertiary/aromatic N) is 2. The number of carbonyl (C=O) groups excluding carboxylic acids is 3. The van der Waals surface area contributed by atoms with Crippen LogP contribution in [0.2, 0.25) is 0 Å². The first-order chi connectivity index (χ1) is 11.1. The van der Waals surface area contributed by atoms with Gasteiger partial charge in [0, 0.05) is 19.1 Å². The van der Waals surface area contributed by atoms with Crippen LogP contribution in [0.4, 0.5) is 0 Å². The Bertz CT molecular complexity index is 645. The third-order valence-electron chi connectivity index (χ3n) is 5.07. The van der Waals surface area contributed by atoms with Crippen LogP contribution in [0.5, 0.6) is 0 Å². The monoisotopic (exact) mass is 333 g/mol. The molecule has 6 nitrogen and oxygen atoms in total. The Morgan fingerprint density at radius 1 is 1.13 bits per heavy atom. The van der Waals surface area contributed by atoms with Crippen LogP contribution in [-0.4, -0.2) is 58.7 Å². The number of piperazine rings is 1. The number of nitrogens with one attached hydrogen (secondary N) is 1. The van der Waals surface area contributed by atoms with Gasteiger partial charge in [-0.1, -0.05) is 6.07 Å². The molecule has 3 aliphatic rings. The highest BCUT2D eigenvalue weighted by molar-refractivity contribution is 7.12. The molecule has 3 atom stereocenters. The number of thiophene rings is 1. The van der Waals surface area contributed by atoms with Gasteiger partial charge in [0.15, 0.2) is 0 Å². The van der Waals surface area contributed by atoms with E-state index >= 15 is 0 Å². The summed E-state index contributed by atoms with van der Waals surface area (Å²) < 4.78 is 0. The molecule has 0 radical (unpaired) electrons. The molecule has 0 unspecified atom stereocenters. The van der Waals surface area contributed by atoms with Gasteiger partial charge in [-0.3, -0.25) is 14.4 Å². The molecule has 3 fully saturated rings. The molecular formula is C16H19N3O3S. The molecule has 122 valence electrons. The molecule has 4 rings (SSSR count). The first-order valence-electron chi connectivity index (χ1n) is 8.10. The lowest BCUT2D eigenvalue weighted by molar-refractivity contribution is -0.161. The Kier molecular flexibility index (Phi) is 3.60. The molecular weight excluding hydrogens is 314 g/mol. The molecule has 0 aliphatic carbocycles. The molecule has 1 aromatic heterocycles. The zero-order chi connectivity index (χ0) is 16.0. The van der Waals surface area contributed by atoms with Gasteiger partial charge < -0.3 is 15.1 Å². The lowest BCUT2D eigenvalue weighted by Crippen LogP contribution is -2.66. The molecule has 0 spiro atoms. The fourth-order valence-electron chi connectivity index (χ4n) is 3.93. The van der Waals surface area contributed by atoms with Crippen LogP contribution in [0.25, 0.3) is 0 Å². The van der Waals surface area contributed by atoms with E-state index in [9.17, 15) is 14.4 Å². The summed E-state index contributed by atoms with van der Waals surface area (Å²) in [5, 5.41) is 4.88. The fourth-order valence-corrected chi connectivity index (χ4v) is 4.56. The largest absolute Gasteiger partial charge is 0.348 e. The Morgan fingerprint density at radius 3 is 2.70 bits per heavy atom. The summed E-state index contributed by atoms with van der Waals surface area (Å²) in [7, 11) is 0. The van der Waals surface area contributed by atoms with Crippen molar-refractivity contribution < 1.29 is 14.4 Å². The number of rotatable bonds is 2. The van der Waals surface area contributed by atoms with Gasteiger partial charge in [-0.15, -0.1) is 11.3 Å². The second-order valence-corrected chi connectivity index (χ2v) is 7.36. The minimum absolute atomic E-state index is 0.0539. The smallest absolute Gasteiger partial charge is 0.261 e. The highest BCUT2D eigenvalue weighted by Gasteiger charge is 2.49. The molecule has 7 heteroatoms. The lowest BCUT2D eigenvalue weighted by Gasteiger charge is -2.46. The van der Waals surface area contributed by atoms with Crippen molar-refractivity contribution in [1.82, 2.24) is 15.1 Å². The molecule has 4 heterocycles. The quantitative estimate of drug-likeness (QED) is 0.872. The van der Waals surface area contributed by atoms with Gasteiger partial charge in [-0.25, -0.2) is 0 Å². The van der Waals surface area contributed by atoms with Crippen LogP contribution in [0.1, 0.15) is 35.4 Å². The van der Waals surface area contributed by atoms with Crippen molar-refractivity contribution in [3.8, 4) is 0 Å². The summed E-state index contributed by atoms with van der Waals surface area (Å²) >= 11 is 1.40. The molecule has 3 saturated heterocycles. The summed E-state index contributed by atoms with van der Waals surface area (Å²) in [6.07, 6.45) is 2.91. The minimum atomic E-state index is -0.403.